The second-order valence-corrected chi connectivity index (χ2v) is 9.05. The Labute approximate surface area is 142 Å². The van der Waals surface area contributed by atoms with E-state index in [4.69, 9.17) is 5.73 Å². The second-order valence-electron chi connectivity index (χ2n) is 7.05. The third kappa shape index (κ3) is 2.60. The fourth-order valence-corrected chi connectivity index (χ4v) is 4.71. The number of nitrogens with zero attached hydrogens (tertiary/aromatic N) is 2. The van der Waals surface area contributed by atoms with Gasteiger partial charge >= 0.3 is 0 Å². The van der Waals surface area contributed by atoms with Gasteiger partial charge in [0.1, 0.15) is 11.4 Å². The second kappa shape index (κ2) is 5.31. The molecule has 1 heterocycles. The van der Waals surface area contributed by atoms with Gasteiger partial charge < -0.3 is 5.73 Å². The highest BCUT2D eigenvalue weighted by Gasteiger charge is 2.42. The Bertz CT molecular complexity index is 874. The average molecular weight is 351 g/mol. The lowest BCUT2D eigenvalue weighted by Crippen LogP contribution is -2.50. The quantitative estimate of drug-likeness (QED) is 0.888. The van der Waals surface area contributed by atoms with Crippen LogP contribution in [0.3, 0.4) is 0 Å². The van der Waals surface area contributed by atoms with Crippen molar-refractivity contribution in [2.75, 3.05) is 12.8 Å². The summed E-state index contributed by atoms with van der Waals surface area (Å²) in [7, 11) is -2.27. The van der Waals surface area contributed by atoms with Crippen molar-refractivity contribution in [3.8, 4) is 0 Å². The number of benzene rings is 1. The van der Waals surface area contributed by atoms with Crippen molar-refractivity contribution in [1.82, 2.24) is 4.31 Å². The van der Waals surface area contributed by atoms with Crippen LogP contribution in [-0.2, 0) is 22.0 Å². The van der Waals surface area contributed by atoms with Crippen LogP contribution in [0.25, 0.3) is 6.08 Å². The Balaban J connectivity index is 2.09. The maximum Gasteiger partial charge on any atom is 0.239 e. The van der Waals surface area contributed by atoms with Gasteiger partial charge in [0.2, 0.25) is 16.0 Å². The molecular weight excluding hydrogens is 329 g/mol. The number of hydrogen-bond donors (Lipinski definition) is 1. The third-order valence-electron chi connectivity index (χ3n) is 4.85. The molecular formula is C17H22FN3O2S. The predicted octanol–water partition coefficient (Wildman–Crippen LogP) is 2.23. The number of nitrogens with two attached hydrogens (primary N) is 1. The molecule has 0 aromatic heterocycles. The molecule has 0 radical (unpaired) electrons. The normalized spacial score (nSPS) is 25.5. The lowest BCUT2D eigenvalue weighted by molar-refractivity contribution is 0.457. The van der Waals surface area contributed by atoms with Crippen molar-refractivity contribution >= 4 is 22.1 Å². The summed E-state index contributed by atoms with van der Waals surface area (Å²) in [5, 5.41) is 0. The van der Waals surface area contributed by atoms with Gasteiger partial charge in [0, 0.05) is 12.6 Å². The molecule has 0 saturated heterocycles. The maximum atomic E-state index is 14.7. The minimum absolute atomic E-state index is 0.121. The van der Waals surface area contributed by atoms with E-state index in [1.165, 1.54) is 18.7 Å². The zero-order chi connectivity index (χ0) is 17.9. The number of halogens is 1. The number of guanidine groups is 1. The van der Waals surface area contributed by atoms with Gasteiger partial charge in [0.25, 0.3) is 0 Å². The molecule has 0 spiro atoms. The van der Waals surface area contributed by atoms with E-state index < -0.39 is 21.4 Å². The summed E-state index contributed by atoms with van der Waals surface area (Å²) >= 11 is 0. The number of sulfonamides is 1. The van der Waals surface area contributed by atoms with Crippen molar-refractivity contribution in [2.45, 2.75) is 32.7 Å². The Morgan fingerprint density at radius 3 is 2.62 bits per heavy atom. The fraction of sp³-hybridized carbons (Fsp3) is 0.471. The van der Waals surface area contributed by atoms with E-state index in [0.29, 0.717) is 5.92 Å². The van der Waals surface area contributed by atoms with Crippen molar-refractivity contribution in [1.29, 1.82) is 0 Å². The van der Waals surface area contributed by atoms with Crippen LogP contribution >= 0.6 is 0 Å². The zero-order valence-electron chi connectivity index (χ0n) is 14.3. The Morgan fingerprint density at radius 1 is 1.38 bits per heavy atom. The van der Waals surface area contributed by atoms with Gasteiger partial charge in [-0.1, -0.05) is 25.5 Å². The Kier molecular flexibility index (Phi) is 3.75. The smallest absolute Gasteiger partial charge is 0.239 e. The molecule has 3 rings (SSSR count). The number of fused-ring (bicyclic) bond motifs is 1. The Morgan fingerprint density at radius 2 is 2.04 bits per heavy atom. The van der Waals surface area contributed by atoms with Crippen LogP contribution in [-0.4, -0.2) is 31.5 Å². The van der Waals surface area contributed by atoms with E-state index in [9.17, 15) is 12.8 Å². The van der Waals surface area contributed by atoms with Crippen molar-refractivity contribution < 1.29 is 12.8 Å². The van der Waals surface area contributed by atoms with Crippen LogP contribution < -0.4 is 5.73 Å². The molecule has 1 atom stereocenters. The largest absolute Gasteiger partial charge is 0.369 e. The molecule has 1 aliphatic carbocycles. The van der Waals surface area contributed by atoms with E-state index in [0.717, 1.165) is 21.9 Å². The van der Waals surface area contributed by atoms with Crippen LogP contribution in [0, 0.1) is 11.7 Å². The molecule has 2 aliphatic rings. The van der Waals surface area contributed by atoms with Crippen molar-refractivity contribution in [3.05, 3.63) is 40.2 Å². The molecule has 0 saturated carbocycles. The van der Waals surface area contributed by atoms with Crippen LogP contribution in [0.4, 0.5) is 4.39 Å². The van der Waals surface area contributed by atoms with Gasteiger partial charge in [-0.25, -0.2) is 22.1 Å². The van der Waals surface area contributed by atoms with Crippen molar-refractivity contribution in [3.63, 3.8) is 0 Å². The maximum absolute atomic E-state index is 14.7. The van der Waals surface area contributed by atoms with Crippen LogP contribution in [0.5, 0.6) is 0 Å². The van der Waals surface area contributed by atoms with Crippen molar-refractivity contribution in [2.24, 2.45) is 16.6 Å². The predicted molar refractivity (Wildman–Crippen MR) is 93.4 cm³/mol. The first-order valence-electron chi connectivity index (χ1n) is 7.89. The molecule has 1 aromatic carbocycles. The standard InChI is InChI=1S/C17H22FN3O2S/c1-10(2)11-5-12-7-14(15(18)8-13(12)6-11)17(3)9-24(22,23)21(4)16(19)20-17/h6-8,10H,5,9H2,1-4H3,(H2,19,20)/t17-/m0/s1. The molecule has 0 bridgehead atoms. The fourth-order valence-electron chi connectivity index (χ4n) is 3.26. The number of rotatable bonds is 2. The molecule has 0 unspecified atom stereocenters. The van der Waals surface area contributed by atoms with Gasteiger partial charge in [-0.05, 0) is 42.5 Å². The van der Waals surface area contributed by atoms with E-state index in [1.54, 1.807) is 13.0 Å². The molecule has 7 heteroatoms. The minimum atomic E-state index is -3.62. The summed E-state index contributed by atoms with van der Waals surface area (Å²) < 4.78 is 40.3. The minimum Gasteiger partial charge on any atom is -0.369 e. The summed E-state index contributed by atoms with van der Waals surface area (Å²) in [4.78, 5) is 4.29. The Hall–Kier alpha value is -1.89. The highest BCUT2D eigenvalue weighted by Crippen LogP contribution is 2.38. The molecule has 1 aromatic rings. The molecule has 24 heavy (non-hydrogen) atoms. The van der Waals surface area contributed by atoms with Crippen LogP contribution in [0.15, 0.2) is 22.7 Å². The number of hydrogen-bond acceptors (Lipinski definition) is 4. The van der Waals surface area contributed by atoms with E-state index in [1.807, 2.05) is 6.08 Å². The summed E-state index contributed by atoms with van der Waals surface area (Å²) in [6.45, 7) is 5.82. The van der Waals surface area contributed by atoms with Gasteiger partial charge in [0.15, 0.2) is 0 Å². The van der Waals surface area contributed by atoms with Gasteiger partial charge in [0.05, 0.1) is 5.75 Å². The summed E-state index contributed by atoms with van der Waals surface area (Å²) in [6, 6.07) is 3.22. The summed E-state index contributed by atoms with van der Waals surface area (Å²) in [5.74, 6) is -0.493. The highest BCUT2D eigenvalue weighted by molar-refractivity contribution is 7.89. The lowest BCUT2D eigenvalue weighted by atomic mass is 9.90. The molecule has 5 nitrogen and oxygen atoms in total. The first-order chi connectivity index (χ1) is 11.0. The molecule has 0 fully saturated rings. The number of aliphatic imine (C=N–C) groups is 1. The topological polar surface area (TPSA) is 75.8 Å². The van der Waals surface area contributed by atoms with Gasteiger partial charge in [-0.3, -0.25) is 0 Å². The summed E-state index contributed by atoms with van der Waals surface area (Å²) in [5.41, 5.74) is 7.91. The van der Waals surface area contributed by atoms with E-state index in [-0.39, 0.29) is 17.3 Å². The van der Waals surface area contributed by atoms with E-state index >= 15 is 0 Å². The van der Waals surface area contributed by atoms with Crippen LogP contribution in [0.1, 0.15) is 37.5 Å². The van der Waals surface area contributed by atoms with Gasteiger partial charge in [-0.2, -0.15) is 0 Å². The average Bonchev–Trinajstić information content (AvgIpc) is 2.86. The molecule has 1 aliphatic heterocycles. The van der Waals surface area contributed by atoms with Gasteiger partial charge in [-0.15, -0.1) is 0 Å². The molecule has 130 valence electrons. The first-order valence-corrected chi connectivity index (χ1v) is 9.50. The molecule has 2 N–H and O–H groups in total. The summed E-state index contributed by atoms with van der Waals surface area (Å²) in [6.07, 6.45) is 2.76. The highest BCUT2D eigenvalue weighted by atomic mass is 32.2. The van der Waals surface area contributed by atoms with Crippen LogP contribution in [0.2, 0.25) is 0 Å². The first kappa shape index (κ1) is 17.0. The number of allylic oxidation sites excluding steroid dienone is 1. The molecule has 0 amide bonds. The zero-order valence-corrected chi connectivity index (χ0v) is 15.1. The monoisotopic (exact) mass is 351 g/mol. The SMILES string of the molecule is CC(C)C1=Cc2cc(F)c([C@]3(C)CS(=O)(=O)N(C)C(N)=N3)cc2C1. The lowest BCUT2D eigenvalue weighted by Gasteiger charge is -2.34. The van der Waals surface area contributed by atoms with E-state index in [2.05, 4.69) is 18.8 Å². The third-order valence-corrected chi connectivity index (χ3v) is 6.80.